The summed E-state index contributed by atoms with van der Waals surface area (Å²) in [7, 11) is 1.92. The lowest BCUT2D eigenvalue weighted by molar-refractivity contribution is 0.483. The zero-order chi connectivity index (χ0) is 14.5. The predicted octanol–water partition coefficient (Wildman–Crippen LogP) is 4.32. The monoisotopic (exact) mass is 296 g/mol. The molecule has 3 aromatic rings. The third kappa shape index (κ3) is 3.48. The van der Waals surface area contributed by atoms with Crippen molar-refractivity contribution in [1.29, 1.82) is 0 Å². The van der Waals surface area contributed by atoms with Gasteiger partial charge in [0.1, 0.15) is 16.5 Å². The summed E-state index contributed by atoms with van der Waals surface area (Å²) in [6.45, 7) is 0.788. The second-order valence-electron chi connectivity index (χ2n) is 4.62. The molecule has 1 aromatic heterocycles. The molecule has 3 nitrogen and oxygen atoms in total. The summed E-state index contributed by atoms with van der Waals surface area (Å²) in [5.74, 6) is 1.66. The maximum Gasteiger partial charge on any atom is 0.128 e. The summed E-state index contributed by atoms with van der Waals surface area (Å²) in [5, 5.41) is 6.20. The molecule has 21 heavy (non-hydrogen) atoms. The van der Waals surface area contributed by atoms with Gasteiger partial charge in [0.15, 0.2) is 0 Å². The van der Waals surface area contributed by atoms with Crippen LogP contribution in [0, 0.1) is 0 Å². The SMILES string of the molecule is CNCc1csc(-c2cccc(Oc3ccccc3)c2)n1. The molecule has 0 radical (unpaired) electrons. The molecule has 0 atom stereocenters. The molecule has 0 fully saturated rings. The highest BCUT2D eigenvalue weighted by molar-refractivity contribution is 7.13. The Morgan fingerprint density at radius 3 is 2.67 bits per heavy atom. The molecule has 0 spiro atoms. The molecule has 3 rings (SSSR count). The van der Waals surface area contributed by atoms with Crippen LogP contribution in [0.1, 0.15) is 5.69 Å². The fraction of sp³-hybridized carbons (Fsp3) is 0.118. The van der Waals surface area contributed by atoms with Gasteiger partial charge in [-0.05, 0) is 31.3 Å². The van der Waals surface area contributed by atoms with E-state index < -0.39 is 0 Å². The van der Waals surface area contributed by atoms with Crippen LogP contribution in [-0.2, 0) is 6.54 Å². The van der Waals surface area contributed by atoms with E-state index >= 15 is 0 Å². The highest BCUT2D eigenvalue weighted by Gasteiger charge is 2.06. The molecule has 0 bridgehead atoms. The average Bonchev–Trinajstić information content (AvgIpc) is 2.98. The van der Waals surface area contributed by atoms with Gasteiger partial charge >= 0.3 is 0 Å². The minimum atomic E-state index is 0.788. The molecule has 0 aliphatic heterocycles. The van der Waals surface area contributed by atoms with Crippen LogP contribution >= 0.6 is 11.3 Å². The van der Waals surface area contributed by atoms with E-state index in [-0.39, 0.29) is 0 Å². The summed E-state index contributed by atoms with van der Waals surface area (Å²) >= 11 is 1.65. The molecule has 0 amide bonds. The third-order valence-corrected chi connectivity index (χ3v) is 3.91. The van der Waals surface area contributed by atoms with Crippen LogP contribution in [0.5, 0.6) is 11.5 Å². The minimum absolute atomic E-state index is 0.788. The first-order valence-corrected chi connectivity index (χ1v) is 7.65. The maximum atomic E-state index is 5.86. The summed E-state index contributed by atoms with van der Waals surface area (Å²) in [4.78, 5) is 4.62. The van der Waals surface area contributed by atoms with Crippen molar-refractivity contribution in [3.8, 4) is 22.1 Å². The molecule has 4 heteroatoms. The van der Waals surface area contributed by atoms with E-state index in [1.807, 2.05) is 55.6 Å². The lowest BCUT2D eigenvalue weighted by Crippen LogP contribution is -2.04. The number of thiazole rings is 1. The first-order valence-electron chi connectivity index (χ1n) is 6.77. The predicted molar refractivity (Wildman–Crippen MR) is 86.8 cm³/mol. The smallest absolute Gasteiger partial charge is 0.128 e. The Balaban J connectivity index is 1.82. The molecule has 1 N–H and O–H groups in total. The number of ether oxygens (including phenoxy) is 1. The van der Waals surface area contributed by atoms with Gasteiger partial charge in [0.05, 0.1) is 5.69 Å². The highest BCUT2D eigenvalue weighted by atomic mass is 32.1. The van der Waals surface area contributed by atoms with Crippen LogP contribution in [0.4, 0.5) is 0 Å². The molecule has 0 unspecified atom stereocenters. The van der Waals surface area contributed by atoms with Gasteiger partial charge in [-0.1, -0.05) is 30.3 Å². The Bertz CT molecular complexity index is 710. The van der Waals surface area contributed by atoms with Gasteiger partial charge < -0.3 is 10.1 Å². The second kappa shape index (κ2) is 6.52. The summed E-state index contributed by atoms with van der Waals surface area (Å²) in [6, 6.07) is 17.8. The van der Waals surface area contributed by atoms with Crippen molar-refractivity contribution in [2.45, 2.75) is 6.54 Å². The van der Waals surface area contributed by atoms with Crippen molar-refractivity contribution in [3.63, 3.8) is 0 Å². The lowest BCUT2D eigenvalue weighted by Gasteiger charge is -2.06. The summed E-state index contributed by atoms with van der Waals surface area (Å²) in [5.41, 5.74) is 2.14. The molecule has 0 saturated heterocycles. The summed E-state index contributed by atoms with van der Waals surface area (Å²) in [6.07, 6.45) is 0. The van der Waals surface area contributed by atoms with E-state index in [0.29, 0.717) is 0 Å². The molecule has 2 aromatic carbocycles. The number of para-hydroxylation sites is 1. The van der Waals surface area contributed by atoms with E-state index in [9.17, 15) is 0 Å². The molecule has 0 saturated carbocycles. The van der Waals surface area contributed by atoms with E-state index in [0.717, 1.165) is 34.3 Å². The number of aromatic nitrogens is 1. The van der Waals surface area contributed by atoms with Crippen molar-refractivity contribution in [3.05, 3.63) is 65.7 Å². The number of hydrogen-bond acceptors (Lipinski definition) is 4. The van der Waals surface area contributed by atoms with E-state index in [1.165, 1.54) is 0 Å². The van der Waals surface area contributed by atoms with E-state index in [4.69, 9.17) is 4.74 Å². The van der Waals surface area contributed by atoms with Crippen molar-refractivity contribution in [1.82, 2.24) is 10.3 Å². The minimum Gasteiger partial charge on any atom is -0.457 e. The molecule has 0 aliphatic rings. The van der Waals surface area contributed by atoms with Crippen LogP contribution in [-0.4, -0.2) is 12.0 Å². The standard InChI is InChI=1S/C17H16N2OS/c1-18-11-14-12-21-17(19-14)13-6-5-9-16(10-13)20-15-7-3-2-4-8-15/h2-10,12,18H,11H2,1H3. The van der Waals surface area contributed by atoms with Crippen LogP contribution in [0.25, 0.3) is 10.6 Å². The van der Waals surface area contributed by atoms with Gasteiger partial charge in [-0.2, -0.15) is 0 Å². The molecule has 1 heterocycles. The second-order valence-corrected chi connectivity index (χ2v) is 5.48. The van der Waals surface area contributed by atoms with Gasteiger partial charge in [-0.25, -0.2) is 4.98 Å². The number of hydrogen-bond donors (Lipinski definition) is 1. The van der Waals surface area contributed by atoms with Gasteiger partial charge in [0.2, 0.25) is 0 Å². The fourth-order valence-electron chi connectivity index (χ4n) is 2.02. The third-order valence-electron chi connectivity index (χ3n) is 2.97. The fourth-order valence-corrected chi connectivity index (χ4v) is 2.84. The van der Waals surface area contributed by atoms with Gasteiger partial charge in [-0.15, -0.1) is 11.3 Å². The van der Waals surface area contributed by atoms with Crippen molar-refractivity contribution in [2.75, 3.05) is 7.05 Å². The van der Waals surface area contributed by atoms with Crippen LogP contribution < -0.4 is 10.1 Å². The average molecular weight is 296 g/mol. The lowest BCUT2D eigenvalue weighted by atomic mass is 10.2. The first kappa shape index (κ1) is 13.8. The van der Waals surface area contributed by atoms with Crippen molar-refractivity contribution >= 4 is 11.3 Å². The Morgan fingerprint density at radius 2 is 1.86 bits per heavy atom. The van der Waals surface area contributed by atoms with Crippen LogP contribution in [0.3, 0.4) is 0 Å². The van der Waals surface area contributed by atoms with Crippen molar-refractivity contribution < 1.29 is 4.74 Å². The Hall–Kier alpha value is -2.17. The van der Waals surface area contributed by atoms with Gasteiger partial charge in [-0.3, -0.25) is 0 Å². The van der Waals surface area contributed by atoms with Crippen molar-refractivity contribution in [2.24, 2.45) is 0 Å². The zero-order valence-corrected chi connectivity index (χ0v) is 12.6. The molecular weight excluding hydrogens is 280 g/mol. The zero-order valence-electron chi connectivity index (χ0n) is 11.7. The van der Waals surface area contributed by atoms with Crippen LogP contribution in [0.15, 0.2) is 60.0 Å². The number of nitrogens with one attached hydrogen (secondary N) is 1. The van der Waals surface area contributed by atoms with E-state index in [2.05, 4.69) is 21.7 Å². The largest absolute Gasteiger partial charge is 0.457 e. The number of benzene rings is 2. The Kier molecular flexibility index (Phi) is 4.28. The normalized spacial score (nSPS) is 10.5. The highest BCUT2D eigenvalue weighted by Crippen LogP contribution is 2.29. The van der Waals surface area contributed by atoms with Gasteiger partial charge in [0, 0.05) is 17.5 Å². The Morgan fingerprint density at radius 1 is 1.05 bits per heavy atom. The quantitative estimate of drug-likeness (QED) is 0.761. The van der Waals surface area contributed by atoms with E-state index in [1.54, 1.807) is 11.3 Å². The maximum absolute atomic E-state index is 5.86. The van der Waals surface area contributed by atoms with Gasteiger partial charge in [0.25, 0.3) is 0 Å². The molecular formula is C17H16N2OS. The molecule has 0 aliphatic carbocycles. The summed E-state index contributed by atoms with van der Waals surface area (Å²) < 4.78 is 5.86. The first-order chi connectivity index (χ1) is 10.3. The number of rotatable bonds is 5. The Labute approximate surface area is 128 Å². The van der Waals surface area contributed by atoms with Crippen LogP contribution in [0.2, 0.25) is 0 Å². The topological polar surface area (TPSA) is 34.1 Å². The molecule has 106 valence electrons. The number of nitrogens with zero attached hydrogens (tertiary/aromatic N) is 1.